The van der Waals surface area contributed by atoms with E-state index < -0.39 is 4.92 Å². The zero-order chi connectivity index (χ0) is 14.4. The Hall–Kier alpha value is -1.63. The van der Waals surface area contributed by atoms with Crippen LogP contribution in [0.2, 0.25) is 0 Å². The van der Waals surface area contributed by atoms with Gasteiger partial charge < -0.3 is 0 Å². The number of rotatable bonds is 4. The second kappa shape index (κ2) is 14.4. The molecule has 0 heterocycles. The fraction of sp³-hybridized carbons (Fsp3) is 0.615. The molecule has 0 aliphatic heterocycles. The molecule has 0 fully saturated rings. The monoisotopic (exact) mass is 240 g/mol. The summed E-state index contributed by atoms with van der Waals surface area (Å²) < 4.78 is 0. The summed E-state index contributed by atoms with van der Waals surface area (Å²) in [6.45, 7) is 15.1. The van der Waals surface area contributed by atoms with Crippen molar-refractivity contribution < 1.29 is 4.92 Å². The lowest BCUT2D eigenvalue weighted by molar-refractivity contribution is -0.420. The Kier molecular flexibility index (Phi) is 17.5. The molecule has 0 amide bonds. The van der Waals surface area contributed by atoms with Crippen LogP contribution in [0.25, 0.3) is 0 Å². The maximum Gasteiger partial charge on any atom is 0.282 e. The molecule has 0 atom stereocenters. The first kappa shape index (κ1) is 20.7. The van der Waals surface area contributed by atoms with Crippen molar-refractivity contribution in [3.8, 4) is 6.07 Å². The van der Waals surface area contributed by atoms with Crippen molar-refractivity contribution in [2.45, 2.75) is 48.0 Å². The van der Waals surface area contributed by atoms with Gasteiger partial charge in [-0.3, -0.25) is 10.1 Å². The van der Waals surface area contributed by atoms with Gasteiger partial charge in [-0.15, -0.1) is 0 Å². The van der Waals surface area contributed by atoms with Crippen LogP contribution in [0.3, 0.4) is 0 Å². The van der Waals surface area contributed by atoms with Crippen LogP contribution >= 0.6 is 0 Å². The van der Waals surface area contributed by atoms with Gasteiger partial charge >= 0.3 is 0 Å². The van der Waals surface area contributed by atoms with Crippen molar-refractivity contribution in [1.82, 2.24) is 0 Å². The van der Waals surface area contributed by atoms with E-state index in [2.05, 4.69) is 6.58 Å². The molecule has 0 N–H and O–H groups in total. The number of allylic oxidation sites excluding steroid dienone is 2. The number of nitro groups is 1. The molecule has 0 aromatic carbocycles. The quantitative estimate of drug-likeness (QED) is 0.318. The van der Waals surface area contributed by atoms with Crippen LogP contribution in [-0.2, 0) is 0 Å². The summed E-state index contributed by atoms with van der Waals surface area (Å²) in [5.74, 6) is 0.226. The minimum atomic E-state index is -0.575. The van der Waals surface area contributed by atoms with Gasteiger partial charge in [-0.05, 0) is 12.3 Å². The molecule has 0 rings (SSSR count). The molecule has 4 nitrogen and oxygen atoms in total. The molecule has 0 saturated carbocycles. The largest absolute Gasteiger partial charge is 0.282 e. The highest BCUT2D eigenvalue weighted by Gasteiger charge is 2.15. The highest BCUT2D eigenvalue weighted by Crippen LogP contribution is 2.15. The first-order chi connectivity index (χ1) is 8.02. The van der Waals surface area contributed by atoms with Crippen LogP contribution in [0.15, 0.2) is 23.9 Å². The summed E-state index contributed by atoms with van der Waals surface area (Å²) in [6.07, 6.45) is 1.53. The lowest BCUT2D eigenvalue weighted by Gasteiger charge is -2.01. The van der Waals surface area contributed by atoms with Crippen molar-refractivity contribution in [3.63, 3.8) is 0 Å². The fourth-order valence-corrected chi connectivity index (χ4v) is 0.924. The SMILES string of the molecule is C=C/C(=C(/C#N)CC(C)C)[N+](=O)[O-].CC.CC. The average molecular weight is 240 g/mol. The van der Waals surface area contributed by atoms with E-state index in [4.69, 9.17) is 5.26 Å². The fourth-order valence-electron chi connectivity index (χ4n) is 0.924. The van der Waals surface area contributed by atoms with E-state index in [1.165, 1.54) is 0 Å². The van der Waals surface area contributed by atoms with Gasteiger partial charge in [0.15, 0.2) is 0 Å². The van der Waals surface area contributed by atoms with Crippen molar-refractivity contribution >= 4 is 0 Å². The third kappa shape index (κ3) is 10.6. The van der Waals surface area contributed by atoms with Crippen LogP contribution in [0.4, 0.5) is 0 Å². The van der Waals surface area contributed by atoms with Crippen LogP contribution in [0, 0.1) is 27.4 Å². The summed E-state index contributed by atoms with van der Waals surface area (Å²) in [6, 6.07) is 1.83. The zero-order valence-electron chi connectivity index (χ0n) is 11.8. The predicted molar refractivity (Wildman–Crippen MR) is 72.0 cm³/mol. The minimum Gasteiger partial charge on any atom is -0.258 e. The third-order valence-electron chi connectivity index (χ3n) is 1.45. The molecule has 0 unspecified atom stereocenters. The average Bonchev–Trinajstić information content (AvgIpc) is 2.33. The number of nitriles is 1. The molecular formula is C13H24N2O2. The summed E-state index contributed by atoms with van der Waals surface area (Å²) in [5.41, 5.74) is 0.00574. The highest BCUT2D eigenvalue weighted by atomic mass is 16.6. The van der Waals surface area contributed by atoms with Gasteiger partial charge in [0.25, 0.3) is 5.70 Å². The van der Waals surface area contributed by atoms with Gasteiger partial charge in [-0.2, -0.15) is 5.26 Å². The molecule has 17 heavy (non-hydrogen) atoms. The van der Waals surface area contributed by atoms with Gasteiger partial charge in [-0.1, -0.05) is 48.1 Å². The van der Waals surface area contributed by atoms with Gasteiger partial charge in [0.05, 0.1) is 4.92 Å². The molecular weight excluding hydrogens is 216 g/mol. The Morgan fingerprint density at radius 2 is 1.82 bits per heavy atom. The Balaban J connectivity index is -0.000000439. The van der Waals surface area contributed by atoms with Crippen molar-refractivity contribution in [3.05, 3.63) is 34.0 Å². The maximum atomic E-state index is 10.4. The molecule has 0 spiro atoms. The lowest BCUT2D eigenvalue weighted by atomic mass is 10.0. The lowest BCUT2D eigenvalue weighted by Crippen LogP contribution is -2.02. The summed E-state index contributed by atoms with van der Waals surface area (Å²) >= 11 is 0. The van der Waals surface area contributed by atoms with E-state index >= 15 is 0 Å². The van der Waals surface area contributed by atoms with E-state index in [9.17, 15) is 10.1 Å². The second-order valence-corrected chi connectivity index (χ2v) is 3.03. The molecule has 98 valence electrons. The number of hydrogen-bond donors (Lipinski definition) is 0. The Labute approximate surface area is 105 Å². The van der Waals surface area contributed by atoms with E-state index in [-0.39, 0.29) is 17.2 Å². The summed E-state index contributed by atoms with van der Waals surface area (Å²) in [5, 5.41) is 19.1. The summed E-state index contributed by atoms with van der Waals surface area (Å²) in [4.78, 5) is 9.86. The molecule has 0 radical (unpaired) electrons. The highest BCUT2D eigenvalue weighted by molar-refractivity contribution is 5.29. The van der Waals surface area contributed by atoms with Gasteiger partial charge in [-0.25, -0.2) is 0 Å². The Morgan fingerprint density at radius 3 is 2.00 bits per heavy atom. The molecule has 0 aromatic rings. The third-order valence-corrected chi connectivity index (χ3v) is 1.45. The van der Waals surface area contributed by atoms with E-state index in [1.54, 1.807) is 0 Å². The Morgan fingerprint density at radius 1 is 1.41 bits per heavy atom. The molecule has 0 aliphatic carbocycles. The topological polar surface area (TPSA) is 66.9 Å². The molecule has 0 saturated heterocycles. The van der Waals surface area contributed by atoms with E-state index in [0.717, 1.165) is 6.08 Å². The minimum absolute atomic E-state index is 0.184. The van der Waals surface area contributed by atoms with E-state index in [1.807, 2.05) is 47.6 Å². The molecule has 4 heteroatoms. The van der Waals surface area contributed by atoms with Crippen LogP contribution < -0.4 is 0 Å². The van der Waals surface area contributed by atoms with Gasteiger partial charge in [0.2, 0.25) is 0 Å². The number of nitrogens with zero attached hydrogens (tertiary/aromatic N) is 2. The Bertz CT molecular complexity index is 286. The van der Waals surface area contributed by atoms with Gasteiger partial charge in [0, 0.05) is 6.08 Å². The smallest absolute Gasteiger partial charge is 0.258 e. The predicted octanol–water partition coefficient (Wildman–Crippen LogP) is 4.33. The second-order valence-electron chi connectivity index (χ2n) is 3.03. The zero-order valence-corrected chi connectivity index (χ0v) is 11.8. The standard InChI is InChI=1S/C9H12N2O2.2C2H6/c1-4-9(11(12)13)8(6-10)5-7(2)3;2*1-2/h4,7H,1,5H2,2-3H3;2*1-2H3/b9-8-;;. The summed E-state index contributed by atoms with van der Waals surface area (Å²) in [7, 11) is 0. The van der Waals surface area contributed by atoms with Crippen molar-refractivity contribution in [1.29, 1.82) is 5.26 Å². The van der Waals surface area contributed by atoms with Crippen LogP contribution in [0.1, 0.15) is 48.0 Å². The molecule has 0 aromatic heterocycles. The maximum absolute atomic E-state index is 10.4. The first-order valence-corrected chi connectivity index (χ1v) is 5.93. The molecule has 0 bridgehead atoms. The first-order valence-electron chi connectivity index (χ1n) is 5.93. The van der Waals surface area contributed by atoms with Crippen LogP contribution in [0.5, 0.6) is 0 Å². The van der Waals surface area contributed by atoms with E-state index in [0.29, 0.717) is 6.42 Å². The van der Waals surface area contributed by atoms with Crippen LogP contribution in [-0.4, -0.2) is 4.92 Å². The molecule has 0 aliphatic rings. The number of hydrogen-bond acceptors (Lipinski definition) is 3. The van der Waals surface area contributed by atoms with Crippen molar-refractivity contribution in [2.24, 2.45) is 5.92 Å². The van der Waals surface area contributed by atoms with Gasteiger partial charge in [0.1, 0.15) is 11.6 Å². The normalized spacial score (nSPS) is 9.76. The van der Waals surface area contributed by atoms with Crippen molar-refractivity contribution in [2.75, 3.05) is 0 Å².